The van der Waals surface area contributed by atoms with Crippen molar-refractivity contribution in [3.8, 4) is 11.5 Å². The van der Waals surface area contributed by atoms with Gasteiger partial charge in [0.15, 0.2) is 16.6 Å². The van der Waals surface area contributed by atoms with Crippen LogP contribution in [0.2, 0.25) is 0 Å². The van der Waals surface area contributed by atoms with E-state index in [1.54, 1.807) is 30.3 Å². The summed E-state index contributed by atoms with van der Waals surface area (Å²) in [5, 5.41) is 9.02. The Bertz CT molecular complexity index is 756. The largest absolute Gasteiger partial charge is 0.486 e. The molecule has 0 fully saturated rings. The first-order valence-electron chi connectivity index (χ1n) is 7.05. The summed E-state index contributed by atoms with van der Waals surface area (Å²) < 4.78 is 10.9. The third-order valence-corrected chi connectivity index (χ3v) is 4.24. The van der Waals surface area contributed by atoms with Crippen molar-refractivity contribution in [2.75, 3.05) is 13.2 Å². The van der Waals surface area contributed by atoms with E-state index < -0.39 is 5.97 Å². The molecule has 2 aromatic rings. The van der Waals surface area contributed by atoms with Gasteiger partial charge in [-0.15, -0.1) is 0 Å². The molecule has 1 aliphatic heterocycles. The van der Waals surface area contributed by atoms with Gasteiger partial charge in [0.2, 0.25) is 0 Å². The van der Waals surface area contributed by atoms with Crippen molar-refractivity contribution in [2.45, 2.75) is 11.3 Å². The third kappa shape index (κ3) is 3.65. The second-order valence-corrected chi connectivity index (χ2v) is 6.03. The van der Waals surface area contributed by atoms with Gasteiger partial charge < -0.3 is 14.6 Å². The van der Waals surface area contributed by atoms with E-state index in [1.165, 1.54) is 6.07 Å². The topological polar surface area (TPSA) is 72.8 Å². The first kappa shape index (κ1) is 15.4. The van der Waals surface area contributed by atoms with Crippen molar-refractivity contribution in [2.24, 2.45) is 0 Å². The summed E-state index contributed by atoms with van der Waals surface area (Å²) in [6.07, 6.45) is 0.190. The number of benzene rings is 2. The average molecular weight is 330 g/mol. The Morgan fingerprint density at radius 1 is 1.04 bits per heavy atom. The van der Waals surface area contributed by atoms with Crippen LogP contribution < -0.4 is 9.47 Å². The third-order valence-electron chi connectivity index (χ3n) is 3.30. The first-order valence-corrected chi connectivity index (χ1v) is 7.86. The standard InChI is InChI=1S/C17H14O5S/c18-16(23-15-4-2-1-3-12(15)17(19)20)10-11-5-6-13-14(9-11)22-8-7-21-13/h1-6,9H,7-8,10H2,(H,19,20). The maximum Gasteiger partial charge on any atom is 0.336 e. The number of carboxylic acid groups (broad SMARTS) is 1. The number of carbonyl (C=O) groups is 2. The van der Waals surface area contributed by atoms with Crippen molar-refractivity contribution in [3.63, 3.8) is 0 Å². The predicted molar refractivity (Wildman–Crippen MR) is 85.4 cm³/mol. The van der Waals surface area contributed by atoms with E-state index >= 15 is 0 Å². The molecule has 0 atom stereocenters. The summed E-state index contributed by atoms with van der Waals surface area (Å²) in [4.78, 5) is 23.8. The Hall–Kier alpha value is -2.47. The molecule has 2 aromatic carbocycles. The van der Waals surface area contributed by atoms with E-state index in [9.17, 15) is 9.59 Å². The van der Waals surface area contributed by atoms with Crippen molar-refractivity contribution >= 4 is 22.8 Å². The monoisotopic (exact) mass is 330 g/mol. The van der Waals surface area contributed by atoms with Gasteiger partial charge in [-0.2, -0.15) is 0 Å². The Morgan fingerprint density at radius 2 is 1.78 bits per heavy atom. The molecular formula is C17H14O5S. The second kappa shape index (κ2) is 6.75. The Morgan fingerprint density at radius 3 is 2.57 bits per heavy atom. The number of carbonyl (C=O) groups excluding carboxylic acids is 1. The Balaban J connectivity index is 1.72. The fourth-order valence-corrected chi connectivity index (χ4v) is 3.15. The number of hydrogen-bond donors (Lipinski definition) is 1. The van der Waals surface area contributed by atoms with Gasteiger partial charge in [0.25, 0.3) is 0 Å². The van der Waals surface area contributed by atoms with Gasteiger partial charge in [-0.25, -0.2) is 4.79 Å². The van der Waals surface area contributed by atoms with Gasteiger partial charge in [0.05, 0.1) is 5.56 Å². The van der Waals surface area contributed by atoms with Gasteiger partial charge in [-0.3, -0.25) is 4.79 Å². The van der Waals surface area contributed by atoms with E-state index in [0.717, 1.165) is 17.3 Å². The Labute approximate surface area is 137 Å². The summed E-state index contributed by atoms with van der Waals surface area (Å²) in [5.41, 5.74) is 0.938. The van der Waals surface area contributed by atoms with Crippen LogP contribution in [0.3, 0.4) is 0 Å². The molecule has 118 valence electrons. The highest BCUT2D eigenvalue weighted by Crippen LogP contribution is 2.32. The number of rotatable bonds is 4. The quantitative estimate of drug-likeness (QED) is 0.869. The highest BCUT2D eigenvalue weighted by atomic mass is 32.2. The van der Waals surface area contributed by atoms with Crippen molar-refractivity contribution in [1.29, 1.82) is 0 Å². The molecule has 1 aliphatic rings. The molecule has 0 aromatic heterocycles. The van der Waals surface area contributed by atoms with Crippen LogP contribution in [0, 0.1) is 0 Å². The van der Waals surface area contributed by atoms with Crippen LogP contribution in [0.1, 0.15) is 15.9 Å². The molecule has 1 N–H and O–H groups in total. The van der Waals surface area contributed by atoms with E-state index in [1.807, 2.05) is 6.07 Å². The van der Waals surface area contributed by atoms with Gasteiger partial charge in [0, 0.05) is 11.3 Å². The van der Waals surface area contributed by atoms with E-state index in [2.05, 4.69) is 0 Å². The fourth-order valence-electron chi connectivity index (χ4n) is 2.26. The van der Waals surface area contributed by atoms with Gasteiger partial charge in [0.1, 0.15) is 13.2 Å². The van der Waals surface area contributed by atoms with Crippen LogP contribution >= 0.6 is 11.8 Å². The summed E-state index contributed by atoms with van der Waals surface area (Å²) in [6, 6.07) is 11.9. The van der Waals surface area contributed by atoms with Gasteiger partial charge in [-0.05, 0) is 29.8 Å². The maximum absolute atomic E-state index is 12.2. The van der Waals surface area contributed by atoms with Crippen molar-refractivity contribution < 1.29 is 24.2 Å². The molecule has 3 rings (SSSR count). The molecular weight excluding hydrogens is 316 g/mol. The number of ether oxygens (including phenoxy) is 2. The van der Waals surface area contributed by atoms with Crippen molar-refractivity contribution in [1.82, 2.24) is 0 Å². The normalized spacial score (nSPS) is 12.7. The summed E-state index contributed by atoms with van der Waals surface area (Å²) in [5.74, 6) is 0.272. The molecule has 0 saturated carbocycles. The lowest BCUT2D eigenvalue weighted by Gasteiger charge is -2.18. The molecule has 0 amide bonds. The average Bonchev–Trinajstić information content (AvgIpc) is 2.55. The first-order chi connectivity index (χ1) is 11.1. The van der Waals surface area contributed by atoms with Crippen LogP contribution in [-0.4, -0.2) is 29.4 Å². The zero-order valence-electron chi connectivity index (χ0n) is 12.2. The van der Waals surface area contributed by atoms with E-state index in [0.29, 0.717) is 29.6 Å². The minimum atomic E-state index is -1.04. The number of carboxylic acids is 1. The summed E-state index contributed by atoms with van der Waals surface area (Å²) >= 11 is 0.939. The fraction of sp³-hybridized carbons (Fsp3) is 0.176. The smallest absolute Gasteiger partial charge is 0.336 e. The molecule has 0 spiro atoms. The maximum atomic E-state index is 12.2. The van der Waals surface area contributed by atoms with Gasteiger partial charge in [-0.1, -0.05) is 30.0 Å². The summed E-state index contributed by atoms with van der Waals surface area (Å²) in [7, 11) is 0. The molecule has 0 aliphatic carbocycles. The molecule has 5 nitrogen and oxygen atoms in total. The number of thioether (sulfide) groups is 1. The van der Waals surface area contributed by atoms with E-state index in [4.69, 9.17) is 14.6 Å². The number of hydrogen-bond acceptors (Lipinski definition) is 5. The minimum Gasteiger partial charge on any atom is -0.486 e. The molecule has 0 unspecified atom stereocenters. The van der Waals surface area contributed by atoms with Crippen LogP contribution in [0.5, 0.6) is 11.5 Å². The second-order valence-electron chi connectivity index (χ2n) is 4.93. The Kier molecular flexibility index (Phi) is 4.52. The van der Waals surface area contributed by atoms with Crippen LogP contribution in [0.4, 0.5) is 0 Å². The molecule has 23 heavy (non-hydrogen) atoms. The van der Waals surface area contributed by atoms with Crippen LogP contribution in [-0.2, 0) is 11.2 Å². The molecule has 0 bridgehead atoms. The number of aromatic carboxylic acids is 1. The summed E-state index contributed by atoms with van der Waals surface area (Å²) in [6.45, 7) is 1.01. The molecule has 0 saturated heterocycles. The number of fused-ring (bicyclic) bond motifs is 1. The van der Waals surface area contributed by atoms with Crippen LogP contribution in [0.15, 0.2) is 47.4 Å². The lowest BCUT2D eigenvalue weighted by Crippen LogP contribution is -2.15. The van der Waals surface area contributed by atoms with Crippen molar-refractivity contribution in [3.05, 3.63) is 53.6 Å². The molecule has 1 heterocycles. The molecule has 0 radical (unpaired) electrons. The van der Waals surface area contributed by atoms with Crippen LogP contribution in [0.25, 0.3) is 0 Å². The highest BCUT2D eigenvalue weighted by Gasteiger charge is 2.16. The lowest BCUT2D eigenvalue weighted by atomic mass is 10.1. The van der Waals surface area contributed by atoms with Gasteiger partial charge >= 0.3 is 5.97 Å². The lowest BCUT2D eigenvalue weighted by molar-refractivity contribution is -0.110. The zero-order valence-corrected chi connectivity index (χ0v) is 13.0. The zero-order chi connectivity index (χ0) is 16.2. The van der Waals surface area contributed by atoms with E-state index in [-0.39, 0.29) is 17.1 Å². The predicted octanol–water partition coefficient (Wildman–Crippen LogP) is 3.02. The minimum absolute atomic E-state index is 0.129. The SMILES string of the molecule is O=C(Cc1ccc2c(c1)OCCO2)Sc1ccccc1C(=O)O. The highest BCUT2D eigenvalue weighted by molar-refractivity contribution is 8.13. The molecule has 6 heteroatoms.